The van der Waals surface area contributed by atoms with Gasteiger partial charge in [-0.25, -0.2) is 0 Å². The molecule has 0 radical (unpaired) electrons. The van der Waals surface area contributed by atoms with Gasteiger partial charge in [0.25, 0.3) is 5.91 Å². The van der Waals surface area contributed by atoms with Crippen LogP contribution in [-0.4, -0.2) is 22.2 Å². The molecular formula is C25H25Cl2N3O2S. The molecule has 0 bridgehead atoms. The van der Waals surface area contributed by atoms with Crippen LogP contribution in [0.3, 0.4) is 0 Å². The van der Waals surface area contributed by atoms with Crippen LogP contribution in [0.2, 0.25) is 9.36 Å². The summed E-state index contributed by atoms with van der Waals surface area (Å²) in [7, 11) is 0. The Balaban J connectivity index is 1.85. The molecule has 0 unspecified atom stereocenters. The lowest BCUT2D eigenvalue weighted by atomic mass is 9.99. The Morgan fingerprint density at radius 3 is 2.33 bits per heavy atom. The van der Waals surface area contributed by atoms with Crippen molar-refractivity contribution in [3.8, 4) is 0 Å². The fraction of sp³-hybridized carbons (Fsp3) is 0.320. The maximum atomic E-state index is 13.9. The van der Waals surface area contributed by atoms with E-state index in [0.29, 0.717) is 11.3 Å². The number of hydrogen-bond donors (Lipinski definition) is 1. The van der Waals surface area contributed by atoms with Crippen molar-refractivity contribution in [3.63, 3.8) is 0 Å². The molecule has 33 heavy (non-hydrogen) atoms. The SMILES string of the molecule is Cc1ccc([C@@H](C(=O)NC2CCCC2)N(C(=O)c2nsc(Cl)c2Cl)c2ccccc2C)cc1. The average Bonchev–Trinajstić information content (AvgIpc) is 3.43. The van der Waals surface area contributed by atoms with Crippen molar-refractivity contribution in [2.24, 2.45) is 0 Å². The minimum absolute atomic E-state index is 0.0423. The van der Waals surface area contributed by atoms with Gasteiger partial charge in [0.15, 0.2) is 5.69 Å². The first-order valence-electron chi connectivity index (χ1n) is 10.9. The average molecular weight is 502 g/mol. The monoisotopic (exact) mass is 501 g/mol. The van der Waals surface area contributed by atoms with Crippen LogP contribution in [0.1, 0.15) is 58.9 Å². The molecule has 4 rings (SSSR count). The van der Waals surface area contributed by atoms with E-state index in [1.54, 1.807) is 0 Å². The number of halogens is 2. The number of rotatable bonds is 6. The van der Waals surface area contributed by atoms with Crippen molar-refractivity contribution in [3.05, 3.63) is 80.3 Å². The van der Waals surface area contributed by atoms with Crippen LogP contribution in [0.15, 0.2) is 48.5 Å². The first-order valence-corrected chi connectivity index (χ1v) is 12.5. The van der Waals surface area contributed by atoms with Crippen molar-refractivity contribution in [1.82, 2.24) is 9.69 Å². The van der Waals surface area contributed by atoms with E-state index in [4.69, 9.17) is 23.2 Å². The summed E-state index contributed by atoms with van der Waals surface area (Å²) in [6, 6.07) is 14.4. The third-order valence-electron chi connectivity index (χ3n) is 6.00. The van der Waals surface area contributed by atoms with E-state index in [0.717, 1.165) is 48.3 Å². The van der Waals surface area contributed by atoms with Gasteiger partial charge in [0.1, 0.15) is 15.4 Å². The number of hydrogen-bond acceptors (Lipinski definition) is 4. The summed E-state index contributed by atoms with van der Waals surface area (Å²) in [6.45, 7) is 3.89. The quantitative estimate of drug-likeness (QED) is 0.418. The lowest BCUT2D eigenvalue weighted by Gasteiger charge is -2.33. The summed E-state index contributed by atoms with van der Waals surface area (Å²) >= 11 is 13.4. The van der Waals surface area contributed by atoms with Crippen LogP contribution in [-0.2, 0) is 4.79 Å². The van der Waals surface area contributed by atoms with Crippen LogP contribution < -0.4 is 10.2 Å². The van der Waals surface area contributed by atoms with Gasteiger partial charge in [0.05, 0.1) is 0 Å². The zero-order chi connectivity index (χ0) is 23.5. The number of para-hydroxylation sites is 1. The third-order valence-corrected chi connectivity index (χ3v) is 7.61. The summed E-state index contributed by atoms with van der Waals surface area (Å²) in [6.07, 6.45) is 4.07. The van der Waals surface area contributed by atoms with Crippen LogP contribution in [0.5, 0.6) is 0 Å². The molecule has 0 spiro atoms. The standard InChI is InChI=1S/C25H25Cl2N3O2S/c1-15-11-13-17(14-12-15)22(24(31)28-18-8-4-5-9-18)30(19-10-6-3-7-16(19)2)25(32)21-20(26)23(27)33-29-21/h3,6-7,10-14,18,22H,4-5,8-9H2,1-2H3,(H,28,31)/t22-/m0/s1. The molecule has 0 aliphatic heterocycles. The van der Waals surface area contributed by atoms with E-state index in [1.165, 1.54) is 4.90 Å². The number of anilines is 1. The first kappa shape index (κ1) is 23.7. The van der Waals surface area contributed by atoms with Crippen LogP contribution >= 0.6 is 34.7 Å². The number of aryl methyl sites for hydroxylation is 2. The molecule has 3 aromatic rings. The number of benzene rings is 2. The Kier molecular flexibility index (Phi) is 7.37. The largest absolute Gasteiger partial charge is 0.351 e. The Morgan fingerprint density at radius 2 is 1.73 bits per heavy atom. The smallest absolute Gasteiger partial charge is 0.280 e. The zero-order valence-electron chi connectivity index (χ0n) is 18.5. The van der Waals surface area contributed by atoms with E-state index in [-0.39, 0.29) is 27.0 Å². The van der Waals surface area contributed by atoms with Crippen molar-refractivity contribution in [2.75, 3.05) is 4.90 Å². The molecule has 1 N–H and O–H groups in total. The molecule has 1 saturated carbocycles. The van der Waals surface area contributed by atoms with Gasteiger partial charge in [-0.15, -0.1) is 0 Å². The number of carbonyl (C=O) groups is 2. The van der Waals surface area contributed by atoms with E-state index in [9.17, 15) is 9.59 Å². The summed E-state index contributed by atoms with van der Waals surface area (Å²) in [5.41, 5.74) is 3.30. The number of nitrogens with one attached hydrogen (secondary N) is 1. The minimum Gasteiger partial charge on any atom is -0.351 e. The first-order chi connectivity index (χ1) is 15.9. The van der Waals surface area contributed by atoms with Crippen LogP contribution in [0.4, 0.5) is 5.69 Å². The predicted molar refractivity (Wildman–Crippen MR) is 134 cm³/mol. The van der Waals surface area contributed by atoms with Crippen molar-refractivity contribution >= 4 is 52.2 Å². The summed E-state index contributed by atoms with van der Waals surface area (Å²) in [5, 5.41) is 3.28. The Labute approximate surface area is 207 Å². The third kappa shape index (κ3) is 5.08. The van der Waals surface area contributed by atoms with Gasteiger partial charge in [0.2, 0.25) is 5.91 Å². The van der Waals surface area contributed by atoms with Gasteiger partial charge < -0.3 is 5.32 Å². The predicted octanol–water partition coefficient (Wildman–Crippen LogP) is 6.51. The highest BCUT2D eigenvalue weighted by Crippen LogP contribution is 2.36. The summed E-state index contributed by atoms with van der Waals surface area (Å²) < 4.78 is 4.44. The van der Waals surface area contributed by atoms with Gasteiger partial charge in [0, 0.05) is 11.7 Å². The molecule has 172 valence electrons. The Hall–Kier alpha value is -2.41. The maximum Gasteiger partial charge on any atom is 0.280 e. The molecule has 5 nitrogen and oxygen atoms in total. The number of aromatic nitrogens is 1. The summed E-state index contributed by atoms with van der Waals surface area (Å²) in [5.74, 6) is -0.690. The second kappa shape index (κ2) is 10.2. The normalized spacial score (nSPS) is 14.8. The second-order valence-corrected chi connectivity index (χ2v) is 10.1. The van der Waals surface area contributed by atoms with Gasteiger partial charge >= 0.3 is 0 Å². The Morgan fingerprint density at radius 1 is 1.06 bits per heavy atom. The minimum atomic E-state index is -0.892. The van der Waals surface area contributed by atoms with Gasteiger partial charge in [-0.1, -0.05) is 84.1 Å². The Bertz CT molecular complexity index is 1160. The fourth-order valence-electron chi connectivity index (χ4n) is 4.22. The number of carbonyl (C=O) groups excluding carboxylic acids is 2. The molecule has 1 heterocycles. The molecule has 2 aromatic carbocycles. The van der Waals surface area contributed by atoms with E-state index in [2.05, 4.69) is 9.69 Å². The van der Waals surface area contributed by atoms with Crippen LogP contribution in [0.25, 0.3) is 0 Å². The molecular weight excluding hydrogens is 477 g/mol. The number of nitrogens with zero attached hydrogens (tertiary/aromatic N) is 2. The fourth-order valence-corrected chi connectivity index (χ4v) is 5.21. The highest BCUT2D eigenvalue weighted by atomic mass is 35.5. The molecule has 0 saturated heterocycles. The van der Waals surface area contributed by atoms with E-state index >= 15 is 0 Å². The summed E-state index contributed by atoms with van der Waals surface area (Å²) in [4.78, 5) is 29.2. The highest BCUT2D eigenvalue weighted by Gasteiger charge is 2.37. The molecule has 1 fully saturated rings. The molecule has 8 heteroatoms. The maximum absolute atomic E-state index is 13.9. The van der Waals surface area contributed by atoms with Gasteiger partial charge in [-0.3, -0.25) is 14.5 Å². The lowest BCUT2D eigenvalue weighted by Crippen LogP contribution is -2.46. The van der Waals surface area contributed by atoms with Crippen LogP contribution in [0, 0.1) is 13.8 Å². The van der Waals surface area contributed by atoms with Gasteiger partial charge in [-0.05, 0) is 55.4 Å². The van der Waals surface area contributed by atoms with Crippen molar-refractivity contribution < 1.29 is 9.59 Å². The zero-order valence-corrected chi connectivity index (χ0v) is 20.8. The van der Waals surface area contributed by atoms with Gasteiger partial charge in [-0.2, -0.15) is 4.37 Å². The highest BCUT2D eigenvalue weighted by molar-refractivity contribution is 7.11. The molecule has 1 atom stereocenters. The van der Waals surface area contributed by atoms with Crippen molar-refractivity contribution in [1.29, 1.82) is 0 Å². The molecule has 2 amide bonds. The molecule has 1 aliphatic rings. The lowest BCUT2D eigenvalue weighted by molar-refractivity contribution is -0.123. The van der Waals surface area contributed by atoms with Crippen molar-refractivity contribution in [2.45, 2.75) is 51.6 Å². The molecule has 1 aliphatic carbocycles. The topological polar surface area (TPSA) is 62.3 Å². The second-order valence-electron chi connectivity index (χ2n) is 8.38. The molecule has 1 aromatic heterocycles. The van der Waals surface area contributed by atoms with E-state index < -0.39 is 11.9 Å². The van der Waals surface area contributed by atoms with E-state index in [1.807, 2.05) is 62.4 Å². The number of amides is 2.